The van der Waals surface area contributed by atoms with Crippen molar-refractivity contribution in [2.24, 2.45) is 23.7 Å². The molecule has 112 valence electrons. The zero-order valence-electron chi connectivity index (χ0n) is 12.4. The second kappa shape index (κ2) is 5.05. The van der Waals surface area contributed by atoms with Gasteiger partial charge < -0.3 is 9.47 Å². The Kier molecular flexibility index (Phi) is 3.51. The van der Waals surface area contributed by atoms with Crippen molar-refractivity contribution in [2.45, 2.75) is 58.0 Å². The molecule has 4 saturated carbocycles. The van der Waals surface area contributed by atoms with Crippen LogP contribution in [0.1, 0.15) is 52.4 Å². The summed E-state index contributed by atoms with van der Waals surface area (Å²) in [6.07, 6.45) is 6.47. The second-order valence-electron chi connectivity index (χ2n) is 6.98. The summed E-state index contributed by atoms with van der Waals surface area (Å²) in [5.41, 5.74) is -0.330. The predicted molar refractivity (Wildman–Crippen MR) is 72.8 cm³/mol. The fraction of sp³-hybridized carbons (Fsp3) is 0.875. The molecule has 0 atom stereocenters. The maximum atomic E-state index is 12.0. The molecular formula is C16H24O4. The Morgan fingerprint density at radius 2 is 1.55 bits per heavy atom. The van der Waals surface area contributed by atoms with Gasteiger partial charge in [-0.1, -0.05) is 6.92 Å². The fourth-order valence-corrected chi connectivity index (χ4v) is 4.80. The molecule has 0 aromatic rings. The molecule has 0 N–H and O–H groups in total. The van der Waals surface area contributed by atoms with Gasteiger partial charge in [0.1, 0.15) is 5.60 Å². The van der Waals surface area contributed by atoms with Crippen LogP contribution in [0.3, 0.4) is 0 Å². The van der Waals surface area contributed by atoms with Crippen molar-refractivity contribution >= 4 is 11.9 Å². The second-order valence-corrected chi connectivity index (χ2v) is 6.98. The Bertz CT molecular complexity index is 387. The van der Waals surface area contributed by atoms with Gasteiger partial charge in [0.25, 0.3) is 0 Å². The molecule has 0 heterocycles. The van der Waals surface area contributed by atoms with Gasteiger partial charge in [-0.25, -0.2) is 4.79 Å². The Morgan fingerprint density at radius 1 is 1.00 bits per heavy atom. The van der Waals surface area contributed by atoms with E-state index < -0.39 is 0 Å². The van der Waals surface area contributed by atoms with Gasteiger partial charge in [0.15, 0.2) is 6.61 Å². The molecule has 0 aromatic heterocycles. The quantitative estimate of drug-likeness (QED) is 0.743. The minimum absolute atomic E-state index is 0.242. The predicted octanol–water partition coefficient (Wildman–Crippen LogP) is 2.70. The van der Waals surface area contributed by atoms with Crippen LogP contribution in [0, 0.1) is 23.7 Å². The van der Waals surface area contributed by atoms with Crippen LogP contribution in [-0.2, 0) is 19.1 Å². The molecule has 0 spiro atoms. The summed E-state index contributed by atoms with van der Waals surface area (Å²) in [7, 11) is 0. The zero-order chi connectivity index (χ0) is 14.3. The van der Waals surface area contributed by atoms with E-state index in [1.807, 2.05) is 0 Å². The van der Waals surface area contributed by atoms with Crippen molar-refractivity contribution in [3.8, 4) is 0 Å². The number of ether oxygens (including phenoxy) is 2. The van der Waals surface area contributed by atoms with E-state index >= 15 is 0 Å². The van der Waals surface area contributed by atoms with Gasteiger partial charge in [0.05, 0.1) is 0 Å². The highest BCUT2D eigenvalue weighted by Gasteiger charge is 2.57. The number of carbonyl (C=O) groups excluding carboxylic acids is 2. The average Bonchev–Trinajstić information content (AvgIpc) is 2.41. The number of carbonyl (C=O) groups is 2. The van der Waals surface area contributed by atoms with E-state index in [9.17, 15) is 9.59 Å². The van der Waals surface area contributed by atoms with Crippen molar-refractivity contribution in [2.75, 3.05) is 6.61 Å². The number of hydrogen-bond donors (Lipinski definition) is 0. The topological polar surface area (TPSA) is 52.6 Å². The summed E-state index contributed by atoms with van der Waals surface area (Å²) < 4.78 is 10.7. The third kappa shape index (κ3) is 2.33. The highest BCUT2D eigenvalue weighted by molar-refractivity contribution is 5.76. The number of esters is 2. The first-order valence-electron chi connectivity index (χ1n) is 7.88. The summed E-state index contributed by atoms with van der Waals surface area (Å²) in [5.74, 6) is 1.97. The Hall–Kier alpha value is -1.06. The van der Waals surface area contributed by atoms with Crippen molar-refractivity contribution < 1.29 is 19.1 Å². The lowest BCUT2D eigenvalue weighted by Gasteiger charge is -2.59. The molecule has 0 saturated heterocycles. The van der Waals surface area contributed by atoms with Gasteiger partial charge in [-0.2, -0.15) is 0 Å². The molecule has 0 unspecified atom stereocenters. The van der Waals surface area contributed by atoms with Gasteiger partial charge in [-0.15, -0.1) is 0 Å². The van der Waals surface area contributed by atoms with E-state index in [0.29, 0.717) is 18.3 Å². The van der Waals surface area contributed by atoms with Crippen molar-refractivity contribution in [3.05, 3.63) is 0 Å². The Morgan fingerprint density at radius 3 is 2.05 bits per heavy atom. The first kappa shape index (κ1) is 13.9. The lowest BCUT2D eigenvalue weighted by molar-refractivity contribution is -0.207. The maximum Gasteiger partial charge on any atom is 0.344 e. The molecule has 4 aliphatic rings. The molecule has 4 nitrogen and oxygen atoms in total. The molecule has 4 rings (SSSR count). The average molecular weight is 280 g/mol. The van der Waals surface area contributed by atoms with Crippen LogP contribution in [0.2, 0.25) is 0 Å². The highest BCUT2D eigenvalue weighted by Crippen LogP contribution is 2.59. The third-order valence-corrected chi connectivity index (χ3v) is 5.73. The summed E-state index contributed by atoms with van der Waals surface area (Å²) in [4.78, 5) is 23.1. The van der Waals surface area contributed by atoms with Gasteiger partial charge in [-0.05, 0) is 62.7 Å². The monoisotopic (exact) mass is 280 g/mol. The van der Waals surface area contributed by atoms with Crippen molar-refractivity contribution in [1.82, 2.24) is 0 Å². The SMILES string of the molecule is CCC(=O)OCC(=O)OC1(C)C2CC3CC(C2)CC1C3. The molecule has 20 heavy (non-hydrogen) atoms. The summed E-state index contributed by atoms with van der Waals surface area (Å²) in [5, 5.41) is 0. The first-order valence-corrected chi connectivity index (χ1v) is 7.88. The van der Waals surface area contributed by atoms with Crippen LogP contribution in [-0.4, -0.2) is 24.1 Å². The minimum Gasteiger partial charge on any atom is -0.456 e. The molecule has 0 aliphatic heterocycles. The standard InChI is InChI=1S/C16H24O4/c1-3-14(17)19-9-15(18)20-16(2)12-5-10-4-11(7-12)8-13(16)6-10/h10-13H,3-9H2,1-2H3. The van der Waals surface area contributed by atoms with Crippen LogP contribution < -0.4 is 0 Å². The number of rotatable bonds is 4. The van der Waals surface area contributed by atoms with E-state index in [0.717, 1.165) is 11.8 Å². The van der Waals surface area contributed by atoms with E-state index in [4.69, 9.17) is 9.47 Å². The lowest BCUT2D eigenvalue weighted by Crippen LogP contribution is -2.58. The van der Waals surface area contributed by atoms with E-state index in [1.54, 1.807) is 6.92 Å². The molecule has 4 aliphatic carbocycles. The first-order chi connectivity index (χ1) is 9.51. The Labute approximate surface area is 120 Å². The molecule has 0 radical (unpaired) electrons. The zero-order valence-corrected chi connectivity index (χ0v) is 12.4. The lowest BCUT2D eigenvalue weighted by atomic mass is 9.50. The minimum atomic E-state index is -0.387. The third-order valence-electron chi connectivity index (χ3n) is 5.73. The van der Waals surface area contributed by atoms with Crippen LogP contribution in [0.5, 0.6) is 0 Å². The normalized spacial score (nSPS) is 41.5. The fourth-order valence-electron chi connectivity index (χ4n) is 4.80. The summed E-state index contributed by atoms with van der Waals surface area (Å²) >= 11 is 0. The van der Waals surface area contributed by atoms with Crippen molar-refractivity contribution in [3.63, 3.8) is 0 Å². The van der Waals surface area contributed by atoms with Gasteiger partial charge in [0.2, 0.25) is 0 Å². The van der Waals surface area contributed by atoms with E-state index in [1.165, 1.54) is 32.1 Å². The maximum absolute atomic E-state index is 12.0. The molecule has 4 fully saturated rings. The molecule has 0 aromatic carbocycles. The smallest absolute Gasteiger partial charge is 0.344 e. The van der Waals surface area contributed by atoms with Crippen molar-refractivity contribution in [1.29, 1.82) is 0 Å². The van der Waals surface area contributed by atoms with E-state index in [2.05, 4.69) is 6.92 Å². The molecule has 4 heteroatoms. The van der Waals surface area contributed by atoms with Crippen LogP contribution in [0.15, 0.2) is 0 Å². The van der Waals surface area contributed by atoms with Crippen LogP contribution in [0.4, 0.5) is 0 Å². The van der Waals surface area contributed by atoms with Gasteiger partial charge >= 0.3 is 11.9 Å². The molecule has 4 bridgehead atoms. The summed E-state index contributed by atoms with van der Waals surface area (Å²) in [6, 6.07) is 0. The van der Waals surface area contributed by atoms with Crippen LogP contribution in [0.25, 0.3) is 0 Å². The van der Waals surface area contributed by atoms with Gasteiger partial charge in [-0.3, -0.25) is 4.79 Å². The largest absolute Gasteiger partial charge is 0.456 e. The number of hydrogen-bond acceptors (Lipinski definition) is 4. The summed E-state index contributed by atoms with van der Waals surface area (Å²) in [6.45, 7) is 3.57. The van der Waals surface area contributed by atoms with E-state index in [-0.39, 0.29) is 24.1 Å². The Balaban J connectivity index is 1.61. The molecular weight excluding hydrogens is 256 g/mol. The molecule has 0 amide bonds. The van der Waals surface area contributed by atoms with Gasteiger partial charge in [0, 0.05) is 6.42 Å². The van der Waals surface area contributed by atoms with Crippen LogP contribution >= 0.6 is 0 Å². The highest BCUT2D eigenvalue weighted by atomic mass is 16.6.